The molecule has 0 unspecified atom stereocenters. The lowest BCUT2D eigenvalue weighted by Gasteiger charge is -2.44. The molecule has 0 aliphatic carbocycles. The Bertz CT molecular complexity index is 392. The predicted molar refractivity (Wildman–Crippen MR) is 73.4 cm³/mol. The molecule has 0 aromatic heterocycles. The summed E-state index contributed by atoms with van der Waals surface area (Å²) in [7, 11) is 0. The van der Waals surface area contributed by atoms with Crippen molar-refractivity contribution < 1.29 is 9.47 Å². The largest absolute Gasteiger partial charge is 0.348 e. The van der Waals surface area contributed by atoms with Crippen molar-refractivity contribution in [1.29, 1.82) is 0 Å². The predicted octanol–water partition coefficient (Wildman–Crippen LogP) is 4.09. The number of hydrogen-bond donors (Lipinski definition) is 0. The molecule has 2 rings (SSSR count). The van der Waals surface area contributed by atoms with Crippen molar-refractivity contribution in [2.75, 3.05) is 6.61 Å². The van der Waals surface area contributed by atoms with Crippen molar-refractivity contribution in [3.8, 4) is 0 Å². The lowest BCUT2D eigenvalue weighted by atomic mass is 9.80. The van der Waals surface area contributed by atoms with E-state index in [0.29, 0.717) is 5.92 Å². The van der Waals surface area contributed by atoms with Crippen molar-refractivity contribution in [2.24, 2.45) is 11.3 Å². The molecule has 0 spiro atoms. The van der Waals surface area contributed by atoms with Crippen LogP contribution < -0.4 is 0 Å². The second-order valence-corrected chi connectivity index (χ2v) is 6.34. The van der Waals surface area contributed by atoms with Crippen LogP contribution in [0.1, 0.15) is 45.1 Å². The second kappa shape index (κ2) is 5.02. The summed E-state index contributed by atoms with van der Waals surface area (Å²) in [6.45, 7) is 11.7. The summed E-state index contributed by atoms with van der Waals surface area (Å²) in [5, 5.41) is 0. The van der Waals surface area contributed by atoms with Crippen molar-refractivity contribution in [3.05, 3.63) is 35.4 Å². The van der Waals surface area contributed by atoms with Crippen LogP contribution in [0.25, 0.3) is 0 Å². The molecule has 1 aliphatic rings. The van der Waals surface area contributed by atoms with E-state index in [4.69, 9.17) is 9.47 Å². The van der Waals surface area contributed by atoms with E-state index >= 15 is 0 Å². The zero-order chi connectivity index (χ0) is 13.3. The van der Waals surface area contributed by atoms with Gasteiger partial charge < -0.3 is 9.47 Å². The van der Waals surface area contributed by atoms with Crippen LogP contribution in [0.3, 0.4) is 0 Å². The SMILES string of the molecule is Cc1ccc([C@H]2OCC(C)(C)[C@H](C(C)C)O2)cc1. The maximum Gasteiger partial charge on any atom is 0.184 e. The van der Waals surface area contributed by atoms with Gasteiger partial charge in [-0.3, -0.25) is 0 Å². The first-order chi connectivity index (χ1) is 8.40. The zero-order valence-electron chi connectivity index (χ0n) is 12.1. The Kier molecular flexibility index (Phi) is 3.79. The number of ether oxygens (including phenoxy) is 2. The molecule has 0 saturated carbocycles. The molecular formula is C16H24O2. The molecule has 1 aromatic carbocycles. The highest BCUT2D eigenvalue weighted by Crippen LogP contribution is 2.39. The maximum absolute atomic E-state index is 6.17. The molecule has 0 N–H and O–H groups in total. The van der Waals surface area contributed by atoms with Gasteiger partial charge in [0.1, 0.15) is 0 Å². The molecule has 2 atom stereocenters. The van der Waals surface area contributed by atoms with Crippen molar-refractivity contribution >= 4 is 0 Å². The van der Waals surface area contributed by atoms with Crippen molar-refractivity contribution in [1.82, 2.24) is 0 Å². The average molecular weight is 248 g/mol. The quantitative estimate of drug-likeness (QED) is 0.784. The van der Waals surface area contributed by atoms with Gasteiger partial charge in [0.25, 0.3) is 0 Å². The monoisotopic (exact) mass is 248 g/mol. The summed E-state index contributed by atoms with van der Waals surface area (Å²) >= 11 is 0. The summed E-state index contributed by atoms with van der Waals surface area (Å²) in [6, 6.07) is 8.39. The van der Waals surface area contributed by atoms with E-state index in [1.54, 1.807) is 0 Å². The summed E-state index contributed by atoms with van der Waals surface area (Å²) in [4.78, 5) is 0. The standard InChI is InChI=1S/C16H24O2/c1-11(2)14-16(4,5)10-17-15(18-14)13-8-6-12(3)7-9-13/h6-9,11,14-15H,10H2,1-5H3/t14-,15-/m0/s1. The van der Waals surface area contributed by atoms with Crippen LogP contribution in [0.4, 0.5) is 0 Å². The van der Waals surface area contributed by atoms with E-state index in [-0.39, 0.29) is 17.8 Å². The molecule has 2 nitrogen and oxygen atoms in total. The van der Waals surface area contributed by atoms with Crippen LogP contribution >= 0.6 is 0 Å². The fourth-order valence-electron chi connectivity index (χ4n) is 2.69. The maximum atomic E-state index is 6.17. The van der Waals surface area contributed by atoms with Gasteiger partial charge in [-0.05, 0) is 12.8 Å². The number of hydrogen-bond acceptors (Lipinski definition) is 2. The van der Waals surface area contributed by atoms with E-state index in [1.165, 1.54) is 5.56 Å². The third-order valence-corrected chi connectivity index (χ3v) is 3.60. The fraction of sp³-hybridized carbons (Fsp3) is 0.625. The minimum Gasteiger partial charge on any atom is -0.348 e. The van der Waals surface area contributed by atoms with Crippen LogP contribution in [0.2, 0.25) is 0 Å². The fourth-order valence-corrected chi connectivity index (χ4v) is 2.69. The van der Waals surface area contributed by atoms with Crippen LogP contribution in [-0.4, -0.2) is 12.7 Å². The first-order valence-corrected chi connectivity index (χ1v) is 6.74. The van der Waals surface area contributed by atoms with E-state index in [9.17, 15) is 0 Å². The Hall–Kier alpha value is -0.860. The highest BCUT2D eigenvalue weighted by atomic mass is 16.7. The molecule has 1 heterocycles. The second-order valence-electron chi connectivity index (χ2n) is 6.34. The minimum atomic E-state index is -0.217. The highest BCUT2D eigenvalue weighted by molar-refractivity contribution is 5.22. The molecule has 0 amide bonds. The highest BCUT2D eigenvalue weighted by Gasteiger charge is 2.40. The van der Waals surface area contributed by atoms with E-state index < -0.39 is 0 Å². The van der Waals surface area contributed by atoms with Crippen LogP contribution in [-0.2, 0) is 9.47 Å². The average Bonchev–Trinajstić information content (AvgIpc) is 2.29. The summed E-state index contributed by atoms with van der Waals surface area (Å²) in [6.07, 6.45) is 0.0172. The smallest absolute Gasteiger partial charge is 0.184 e. The molecule has 1 aromatic rings. The third kappa shape index (κ3) is 2.76. The Morgan fingerprint density at radius 1 is 1.17 bits per heavy atom. The normalized spacial score (nSPS) is 27.4. The van der Waals surface area contributed by atoms with Gasteiger partial charge >= 0.3 is 0 Å². The van der Waals surface area contributed by atoms with Gasteiger partial charge in [0.2, 0.25) is 0 Å². The molecule has 1 aliphatic heterocycles. The molecule has 2 heteroatoms. The van der Waals surface area contributed by atoms with Crippen LogP contribution in [0.15, 0.2) is 24.3 Å². The van der Waals surface area contributed by atoms with Crippen LogP contribution in [0, 0.1) is 18.3 Å². The van der Waals surface area contributed by atoms with Crippen molar-refractivity contribution in [2.45, 2.75) is 47.0 Å². The lowest BCUT2D eigenvalue weighted by molar-refractivity contribution is -0.274. The van der Waals surface area contributed by atoms with E-state index in [0.717, 1.165) is 12.2 Å². The topological polar surface area (TPSA) is 18.5 Å². The summed E-state index contributed by atoms with van der Waals surface area (Å²) in [5.74, 6) is 0.497. The Labute approximate surface area is 110 Å². The molecule has 18 heavy (non-hydrogen) atoms. The Morgan fingerprint density at radius 2 is 1.78 bits per heavy atom. The van der Waals surface area contributed by atoms with Crippen LogP contribution in [0.5, 0.6) is 0 Å². The lowest BCUT2D eigenvalue weighted by Crippen LogP contribution is -2.45. The first-order valence-electron chi connectivity index (χ1n) is 6.74. The summed E-state index contributed by atoms with van der Waals surface area (Å²) < 4.78 is 12.0. The van der Waals surface area contributed by atoms with Gasteiger partial charge in [-0.25, -0.2) is 0 Å². The molecule has 0 radical (unpaired) electrons. The molecule has 1 saturated heterocycles. The van der Waals surface area contributed by atoms with Gasteiger partial charge in [-0.15, -0.1) is 0 Å². The third-order valence-electron chi connectivity index (χ3n) is 3.60. The molecule has 1 fully saturated rings. The number of aryl methyl sites for hydroxylation is 1. The number of rotatable bonds is 2. The van der Waals surface area contributed by atoms with Gasteiger partial charge in [-0.2, -0.15) is 0 Å². The van der Waals surface area contributed by atoms with E-state index in [2.05, 4.69) is 58.9 Å². The minimum absolute atomic E-state index is 0.0787. The van der Waals surface area contributed by atoms with Crippen molar-refractivity contribution in [3.63, 3.8) is 0 Å². The van der Waals surface area contributed by atoms with E-state index in [1.807, 2.05) is 0 Å². The van der Waals surface area contributed by atoms with Gasteiger partial charge in [0.15, 0.2) is 6.29 Å². The summed E-state index contributed by atoms with van der Waals surface area (Å²) in [5.41, 5.74) is 2.45. The van der Waals surface area contributed by atoms with Gasteiger partial charge in [0.05, 0.1) is 12.7 Å². The molecular weight excluding hydrogens is 224 g/mol. The first kappa shape index (κ1) is 13.6. The zero-order valence-corrected chi connectivity index (χ0v) is 12.1. The molecule has 100 valence electrons. The number of benzene rings is 1. The molecule has 0 bridgehead atoms. The Morgan fingerprint density at radius 3 is 2.33 bits per heavy atom. The Balaban J connectivity index is 2.15. The van der Waals surface area contributed by atoms with Gasteiger partial charge in [-0.1, -0.05) is 57.5 Å². The van der Waals surface area contributed by atoms with Gasteiger partial charge in [0, 0.05) is 11.0 Å².